The Kier molecular flexibility index (Phi) is 25.1. The summed E-state index contributed by atoms with van der Waals surface area (Å²) in [6.07, 6.45) is -5.91. The number of carboxylic acid groups (broad SMARTS) is 3. The zero-order valence-electron chi connectivity index (χ0n) is 15.5. The fourth-order valence-electron chi connectivity index (χ4n) is 1.29. The molecule has 162 valence electrons. The van der Waals surface area contributed by atoms with Gasteiger partial charge in [0.1, 0.15) is 30.5 Å². The predicted octanol–water partition coefficient (Wildman–Crippen LogP) is -6.55. The number of aliphatic hydroxyl groups is 5. The van der Waals surface area contributed by atoms with E-state index >= 15 is 0 Å². The van der Waals surface area contributed by atoms with Gasteiger partial charge in [-0.05, 0) is 26.3 Å². The van der Waals surface area contributed by atoms with Crippen molar-refractivity contribution in [1.29, 1.82) is 0 Å². The fraction of sp³-hybridized carbons (Fsp3) is 0.786. The van der Waals surface area contributed by atoms with Crippen molar-refractivity contribution in [1.82, 2.24) is 0 Å². The summed E-state index contributed by atoms with van der Waals surface area (Å²) in [4.78, 5) is 29.0. The van der Waals surface area contributed by atoms with Crippen LogP contribution in [0.4, 0.5) is 0 Å². The summed E-state index contributed by atoms with van der Waals surface area (Å²) in [7, 11) is 0. The minimum Gasteiger partial charge on any atom is -0.550 e. The third-order valence-corrected chi connectivity index (χ3v) is 2.78. The second-order valence-electron chi connectivity index (χ2n) is 5.22. The molecule has 0 radical (unpaired) electrons. The molecule has 28 heavy (non-hydrogen) atoms. The summed E-state index contributed by atoms with van der Waals surface area (Å²) in [6, 6.07) is -0.716. The second kappa shape index (κ2) is 20.5. The van der Waals surface area contributed by atoms with Gasteiger partial charge in [0.2, 0.25) is 0 Å². The van der Waals surface area contributed by atoms with Crippen LogP contribution in [0.1, 0.15) is 26.2 Å². The topological polar surface area (TPSA) is 271 Å². The number of carbonyl (C=O) groups excluding carboxylic acids is 2. The summed E-state index contributed by atoms with van der Waals surface area (Å²) < 4.78 is 0. The number of nitrogens with two attached hydrogens (primary N) is 2. The molecule has 10 N–H and O–H groups in total. The van der Waals surface area contributed by atoms with Crippen LogP contribution in [-0.4, -0.2) is 92.2 Å². The smallest absolute Gasteiger partial charge is 0.550 e. The summed E-state index contributed by atoms with van der Waals surface area (Å²) in [5, 5.41) is 70.7. The number of aliphatic hydroxyl groups excluding tert-OH is 5. The van der Waals surface area contributed by atoms with Gasteiger partial charge in [-0.1, -0.05) is 6.42 Å². The number of aliphatic carboxylic acids is 3. The van der Waals surface area contributed by atoms with E-state index in [1.165, 1.54) is 0 Å². The quantitative estimate of drug-likeness (QED) is 0.110. The van der Waals surface area contributed by atoms with E-state index < -0.39 is 55.0 Å². The van der Waals surface area contributed by atoms with Crippen LogP contribution in [0, 0.1) is 0 Å². The molecule has 0 spiro atoms. The van der Waals surface area contributed by atoms with E-state index in [4.69, 9.17) is 52.0 Å². The van der Waals surface area contributed by atoms with Gasteiger partial charge in [-0.15, -0.1) is 0 Å². The van der Waals surface area contributed by atoms with Crippen molar-refractivity contribution in [2.45, 2.75) is 56.6 Å². The van der Waals surface area contributed by atoms with Crippen LogP contribution in [0.25, 0.3) is 0 Å². The summed E-state index contributed by atoms with van der Waals surface area (Å²) in [6.45, 7) is 0.713. The Morgan fingerprint density at radius 3 is 1.71 bits per heavy atom. The Labute approximate surface area is 174 Å². The molecule has 0 aromatic heterocycles. The van der Waals surface area contributed by atoms with Crippen molar-refractivity contribution in [3.8, 4) is 0 Å². The third kappa shape index (κ3) is 21.1. The first-order chi connectivity index (χ1) is 12.3. The van der Waals surface area contributed by atoms with Gasteiger partial charge in [-0.2, -0.15) is 0 Å². The molecule has 13 nitrogen and oxygen atoms in total. The third-order valence-electron chi connectivity index (χ3n) is 2.78. The maximum atomic E-state index is 10.1. The molecule has 0 saturated heterocycles. The molecule has 0 heterocycles. The average Bonchev–Trinajstić information content (AvgIpc) is 2.58. The van der Waals surface area contributed by atoms with Gasteiger partial charge in [0.05, 0.1) is 12.6 Å². The molecule has 0 bridgehead atoms. The molecule has 5 atom stereocenters. The van der Waals surface area contributed by atoms with Crippen LogP contribution in [-0.2, 0) is 33.9 Å². The van der Waals surface area contributed by atoms with Gasteiger partial charge in [-0.3, -0.25) is 4.79 Å². The van der Waals surface area contributed by atoms with E-state index in [9.17, 15) is 14.7 Å². The van der Waals surface area contributed by atoms with E-state index in [1.807, 2.05) is 0 Å². The molecule has 0 amide bonds. The first-order valence-electron chi connectivity index (χ1n) is 7.73. The monoisotopic (exact) mass is 464 g/mol. The zero-order chi connectivity index (χ0) is 22.2. The first kappa shape index (κ1) is 34.3. The standard InChI is InChI=1S/C6H14N2O2.C6H12O7.C2H4O2.Zn/c7-4-2-1-3-5(8)6(9)10;7-1-2(8)3(9)4(10)5(11)6(12)13;1-2(3)4;/h5H,1-4,7-8H2,(H,9,10);2-5,7-11H,1H2,(H,12,13);1H3,(H,3,4);/q;;;+2/p-2. The fourth-order valence-corrected chi connectivity index (χ4v) is 1.29. The minimum absolute atomic E-state index is 0. The molecule has 0 aliphatic carbocycles. The van der Waals surface area contributed by atoms with E-state index in [0.717, 1.165) is 19.8 Å². The molecule has 0 aromatic rings. The number of rotatable bonds is 10. The number of hydrogen-bond acceptors (Lipinski definition) is 12. The van der Waals surface area contributed by atoms with E-state index in [1.54, 1.807) is 0 Å². The number of unbranched alkanes of at least 4 members (excludes halogenated alkanes) is 1. The maximum Gasteiger partial charge on any atom is 2.00 e. The zero-order valence-corrected chi connectivity index (χ0v) is 18.5. The molecule has 0 fully saturated rings. The minimum atomic E-state index is -2.31. The van der Waals surface area contributed by atoms with Crippen molar-refractivity contribution in [3.05, 3.63) is 0 Å². The summed E-state index contributed by atoms with van der Waals surface area (Å²) in [5.41, 5.74) is 10.4. The van der Waals surface area contributed by atoms with Crippen LogP contribution in [0.5, 0.6) is 0 Å². The molecule has 0 saturated carbocycles. The van der Waals surface area contributed by atoms with E-state index in [0.29, 0.717) is 13.0 Å². The number of carbonyl (C=O) groups is 3. The van der Waals surface area contributed by atoms with E-state index in [2.05, 4.69) is 0 Å². The van der Waals surface area contributed by atoms with Crippen LogP contribution in [0.3, 0.4) is 0 Å². The van der Waals surface area contributed by atoms with Gasteiger partial charge in [0.15, 0.2) is 0 Å². The van der Waals surface area contributed by atoms with Crippen molar-refractivity contribution in [2.75, 3.05) is 13.2 Å². The molecular weight excluding hydrogens is 438 g/mol. The van der Waals surface area contributed by atoms with Gasteiger partial charge < -0.3 is 61.9 Å². The Bertz CT molecular complexity index is 424. The van der Waals surface area contributed by atoms with Crippen LogP contribution < -0.4 is 21.7 Å². The van der Waals surface area contributed by atoms with Gasteiger partial charge in [0.25, 0.3) is 0 Å². The molecule has 0 rings (SSSR count). The van der Waals surface area contributed by atoms with Crippen LogP contribution in [0.2, 0.25) is 0 Å². The Morgan fingerprint density at radius 2 is 1.43 bits per heavy atom. The maximum absolute atomic E-state index is 10.1. The normalized spacial score (nSPS) is 15.0. The van der Waals surface area contributed by atoms with Gasteiger partial charge >= 0.3 is 25.4 Å². The molecule has 0 aromatic carbocycles. The molecule has 0 aliphatic rings. The van der Waals surface area contributed by atoms with Gasteiger partial charge in [0, 0.05) is 5.97 Å². The average molecular weight is 466 g/mol. The van der Waals surface area contributed by atoms with Crippen molar-refractivity contribution < 1.29 is 74.7 Å². The predicted molar refractivity (Wildman–Crippen MR) is 85.3 cm³/mol. The summed E-state index contributed by atoms with van der Waals surface area (Å²) in [5.74, 6) is -3.99. The van der Waals surface area contributed by atoms with Crippen molar-refractivity contribution in [3.63, 3.8) is 0 Å². The van der Waals surface area contributed by atoms with E-state index in [-0.39, 0.29) is 19.5 Å². The van der Waals surface area contributed by atoms with Crippen molar-refractivity contribution in [2.24, 2.45) is 11.5 Å². The Hall–Kier alpha value is -1.25. The second-order valence-corrected chi connectivity index (χ2v) is 5.22. The first-order valence-corrected chi connectivity index (χ1v) is 7.73. The molecule has 5 unspecified atom stereocenters. The molecule has 14 heteroatoms. The Morgan fingerprint density at radius 1 is 1.00 bits per heavy atom. The van der Waals surface area contributed by atoms with Crippen LogP contribution in [0.15, 0.2) is 0 Å². The van der Waals surface area contributed by atoms with Gasteiger partial charge in [-0.25, -0.2) is 0 Å². The molecular formula is C14H28N2O11Zn. The molecule has 0 aliphatic heterocycles. The SMILES string of the molecule is CC(=O)[O-].NCCCCC(N)C(=O)O.O=C([O-])C(O)C(O)C(O)C(O)CO.[Zn+2]. The number of hydrogen-bond donors (Lipinski definition) is 8. The van der Waals surface area contributed by atoms with Crippen LogP contribution >= 0.6 is 0 Å². The van der Waals surface area contributed by atoms with Crippen molar-refractivity contribution >= 4 is 17.9 Å². The summed E-state index contributed by atoms with van der Waals surface area (Å²) >= 11 is 0. The number of carboxylic acids is 3. The Balaban J connectivity index is -0.000000171. The largest absolute Gasteiger partial charge is 2.00 e.